The molecule has 1 fully saturated rings. The van der Waals surface area contributed by atoms with Crippen molar-refractivity contribution >= 4 is 5.91 Å². The highest BCUT2D eigenvalue weighted by atomic mass is 16.5. The van der Waals surface area contributed by atoms with Crippen LogP contribution >= 0.6 is 0 Å². The Hall–Kier alpha value is -1.95. The van der Waals surface area contributed by atoms with Crippen LogP contribution in [0.4, 0.5) is 0 Å². The molecule has 1 aliphatic carbocycles. The van der Waals surface area contributed by atoms with Crippen LogP contribution in [0.15, 0.2) is 12.1 Å². The molecule has 0 saturated heterocycles. The van der Waals surface area contributed by atoms with Crippen LogP contribution in [0.25, 0.3) is 0 Å². The molecule has 0 heterocycles. The van der Waals surface area contributed by atoms with Gasteiger partial charge in [0.15, 0.2) is 11.5 Å². The quantitative estimate of drug-likeness (QED) is 0.778. The fourth-order valence-corrected chi connectivity index (χ4v) is 2.16. The minimum atomic E-state index is -0.600. The van der Waals surface area contributed by atoms with Crippen LogP contribution in [0, 0.1) is 0 Å². The number of hydrogen-bond donors (Lipinski definition) is 2. The largest absolute Gasteiger partial charge is 0.493 e. The summed E-state index contributed by atoms with van der Waals surface area (Å²) in [7, 11) is 4.60. The van der Waals surface area contributed by atoms with Gasteiger partial charge in [0, 0.05) is 11.6 Å². The normalized spacial score (nSPS) is 15.6. The molecular weight excluding hydrogens is 260 g/mol. The van der Waals surface area contributed by atoms with Gasteiger partial charge >= 0.3 is 0 Å². The van der Waals surface area contributed by atoms with E-state index in [4.69, 9.17) is 19.9 Å². The number of ether oxygens (including phenoxy) is 3. The number of rotatable bonds is 7. The Labute approximate surface area is 118 Å². The van der Waals surface area contributed by atoms with E-state index in [0.717, 1.165) is 12.8 Å². The van der Waals surface area contributed by atoms with Crippen LogP contribution in [0.5, 0.6) is 17.2 Å². The van der Waals surface area contributed by atoms with Crippen molar-refractivity contribution in [1.82, 2.24) is 5.32 Å². The van der Waals surface area contributed by atoms with E-state index >= 15 is 0 Å². The van der Waals surface area contributed by atoms with Gasteiger partial charge in [0.1, 0.15) is 6.04 Å². The maximum absolute atomic E-state index is 11.7. The Morgan fingerprint density at radius 2 is 1.85 bits per heavy atom. The van der Waals surface area contributed by atoms with Gasteiger partial charge in [-0.2, -0.15) is 0 Å². The van der Waals surface area contributed by atoms with Gasteiger partial charge in [-0.05, 0) is 25.0 Å². The lowest BCUT2D eigenvalue weighted by atomic mass is 10.0. The zero-order chi connectivity index (χ0) is 14.7. The third-order valence-corrected chi connectivity index (χ3v) is 3.31. The van der Waals surface area contributed by atoms with E-state index < -0.39 is 11.9 Å². The number of methoxy groups -OCH3 is 3. The minimum Gasteiger partial charge on any atom is -0.493 e. The summed E-state index contributed by atoms with van der Waals surface area (Å²) in [6.07, 6.45) is 2.11. The van der Waals surface area contributed by atoms with Gasteiger partial charge in [-0.15, -0.1) is 0 Å². The van der Waals surface area contributed by atoms with Crippen molar-refractivity contribution in [2.75, 3.05) is 21.3 Å². The lowest BCUT2D eigenvalue weighted by molar-refractivity contribution is -0.120. The molecular formula is C14H20N2O4. The topological polar surface area (TPSA) is 82.8 Å². The average Bonchev–Trinajstić information content (AvgIpc) is 3.26. The summed E-state index contributed by atoms with van der Waals surface area (Å²) >= 11 is 0. The van der Waals surface area contributed by atoms with E-state index in [1.54, 1.807) is 19.2 Å². The standard InChI is InChI=1S/C14H20N2O4/c1-18-10-7-6-9(12(19-2)13(10)20-3)11(14(15)17)16-8-4-5-8/h6-8,11,16H,4-5H2,1-3H3,(H2,15,17). The second-order valence-electron chi connectivity index (χ2n) is 4.70. The smallest absolute Gasteiger partial charge is 0.239 e. The molecule has 110 valence electrons. The summed E-state index contributed by atoms with van der Waals surface area (Å²) in [5.41, 5.74) is 6.16. The molecule has 1 unspecified atom stereocenters. The molecule has 1 aromatic carbocycles. The molecule has 1 atom stereocenters. The molecule has 0 bridgehead atoms. The molecule has 1 amide bonds. The van der Waals surface area contributed by atoms with E-state index in [2.05, 4.69) is 5.32 Å². The molecule has 0 spiro atoms. The van der Waals surface area contributed by atoms with Crippen LogP contribution in [0.1, 0.15) is 24.4 Å². The Bertz CT molecular complexity index is 500. The zero-order valence-corrected chi connectivity index (χ0v) is 11.9. The van der Waals surface area contributed by atoms with Crippen LogP contribution in [-0.4, -0.2) is 33.3 Å². The fraction of sp³-hybridized carbons (Fsp3) is 0.500. The summed E-state index contributed by atoms with van der Waals surface area (Å²) in [6.45, 7) is 0. The summed E-state index contributed by atoms with van der Waals surface area (Å²) in [5.74, 6) is 1.02. The molecule has 0 radical (unpaired) electrons. The van der Waals surface area contributed by atoms with Gasteiger partial charge in [0.05, 0.1) is 21.3 Å². The van der Waals surface area contributed by atoms with Gasteiger partial charge < -0.3 is 19.9 Å². The lowest BCUT2D eigenvalue weighted by Gasteiger charge is -2.21. The number of carbonyl (C=O) groups excluding carboxylic acids is 1. The van der Waals surface area contributed by atoms with Crippen LogP contribution in [0.3, 0.4) is 0 Å². The molecule has 6 heteroatoms. The highest BCUT2D eigenvalue weighted by Crippen LogP contribution is 2.42. The van der Waals surface area contributed by atoms with Gasteiger partial charge in [-0.1, -0.05) is 0 Å². The molecule has 1 aromatic rings. The summed E-state index contributed by atoms with van der Waals surface area (Å²) in [5, 5.41) is 3.22. The third kappa shape index (κ3) is 2.80. The first-order chi connectivity index (χ1) is 9.62. The Kier molecular flexibility index (Phi) is 4.34. The zero-order valence-electron chi connectivity index (χ0n) is 11.9. The Morgan fingerprint density at radius 3 is 2.30 bits per heavy atom. The predicted molar refractivity (Wildman–Crippen MR) is 74.2 cm³/mol. The molecule has 0 aromatic heterocycles. The van der Waals surface area contributed by atoms with Crippen molar-refractivity contribution in [2.45, 2.75) is 24.9 Å². The first-order valence-electron chi connectivity index (χ1n) is 6.46. The predicted octanol–water partition coefficient (Wildman–Crippen LogP) is 0.991. The van der Waals surface area contributed by atoms with Crippen LogP contribution < -0.4 is 25.3 Å². The Balaban J connectivity index is 2.44. The number of nitrogens with one attached hydrogen (secondary N) is 1. The van der Waals surface area contributed by atoms with Gasteiger partial charge in [0.2, 0.25) is 11.7 Å². The molecule has 1 saturated carbocycles. The van der Waals surface area contributed by atoms with Crippen molar-refractivity contribution in [3.8, 4) is 17.2 Å². The van der Waals surface area contributed by atoms with E-state index in [9.17, 15) is 4.79 Å². The molecule has 0 aliphatic heterocycles. The molecule has 1 aliphatic rings. The van der Waals surface area contributed by atoms with Crippen molar-refractivity contribution in [1.29, 1.82) is 0 Å². The summed E-state index contributed by atoms with van der Waals surface area (Å²) < 4.78 is 15.9. The van der Waals surface area contributed by atoms with Gasteiger partial charge in [-0.3, -0.25) is 10.1 Å². The lowest BCUT2D eigenvalue weighted by Crippen LogP contribution is -2.35. The molecule has 20 heavy (non-hydrogen) atoms. The van der Waals surface area contributed by atoms with E-state index in [-0.39, 0.29) is 0 Å². The monoisotopic (exact) mass is 280 g/mol. The van der Waals surface area contributed by atoms with Crippen molar-refractivity contribution in [3.63, 3.8) is 0 Å². The molecule has 6 nitrogen and oxygen atoms in total. The fourth-order valence-electron chi connectivity index (χ4n) is 2.16. The number of benzene rings is 1. The number of nitrogens with two attached hydrogens (primary N) is 1. The first kappa shape index (κ1) is 14.5. The van der Waals surface area contributed by atoms with Crippen molar-refractivity contribution in [3.05, 3.63) is 17.7 Å². The van der Waals surface area contributed by atoms with Gasteiger partial charge in [0.25, 0.3) is 0 Å². The van der Waals surface area contributed by atoms with Gasteiger partial charge in [-0.25, -0.2) is 0 Å². The van der Waals surface area contributed by atoms with Crippen molar-refractivity contribution < 1.29 is 19.0 Å². The summed E-state index contributed by atoms with van der Waals surface area (Å²) in [6, 6.07) is 3.24. The number of amides is 1. The van der Waals surface area contributed by atoms with E-state index in [1.807, 2.05) is 0 Å². The first-order valence-corrected chi connectivity index (χ1v) is 6.46. The van der Waals surface area contributed by atoms with Crippen LogP contribution in [-0.2, 0) is 4.79 Å². The minimum absolute atomic E-state index is 0.338. The second-order valence-corrected chi connectivity index (χ2v) is 4.70. The molecule has 2 rings (SSSR count). The molecule has 3 N–H and O–H groups in total. The maximum Gasteiger partial charge on any atom is 0.239 e. The Morgan fingerprint density at radius 1 is 1.20 bits per heavy atom. The summed E-state index contributed by atoms with van der Waals surface area (Å²) in [4.78, 5) is 11.7. The van der Waals surface area contributed by atoms with E-state index in [0.29, 0.717) is 28.9 Å². The van der Waals surface area contributed by atoms with E-state index in [1.165, 1.54) is 14.2 Å². The second kappa shape index (κ2) is 6.00. The maximum atomic E-state index is 11.7. The van der Waals surface area contributed by atoms with Crippen molar-refractivity contribution in [2.24, 2.45) is 5.73 Å². The average molecular weight is 280 g/mol. The highest BCUT2D eigenvalue weighted by Gasteiger charge is 2.31. The van der Waals surface area contributed by atoms with Crippen LogP contribution in [0.2, 0.25) is 0 Å². The number of hydrogen-bond acceptors (Lipinski definition) is 5. The number of carbonyl (C=O) groups is 1. The third-order valence-electron chi connectivity index (χ3n) is 3.31. The highest BCUT2D eigenvalue weighted by molar-refractivity contribution is 5.83. The number of primary amides is 1. The SMILES string of the molecule is COc1ccc(C(NC2CC2)C(N)=O)c(OC)c1OC.